The van der Waals surface area contributed by atoms with Gasteiger partial charge in [0.2, 0.25) is 0 Å². The molecule has 0 saturated carbocycles. The molecule has 2 rings (SSSR count). The molecule has 2 radical (unpaired) electrons. The number of unbranched alkanes of at least 4 members (excludes halogenated alkanes) is 2. The van der Waals surface area contributed by atoms with Crippen LogP contribution >= 0.6 is 0 Å². The molecule has 10 nitrogen and oxygen atoms in total. The molecule has 0 fully saturated rings. The van der Waals surface area contributed by atoms with Crippen LogP contribution in [-0.2, 0) is 0 Å². The smallest absolute Gasteiger partial charge is 0.339 e. The molecule has 0 atom stereocenters. The van der Waals surface area contributed by atoms with E-state index in [4.69, 9.17) is 38.6 Å². The summed E-state index contributed by atoms with van der Waals surface area (Å²) in [6, 6.07) is 5.67. The van der Waals surface area contributed by atoms with Crippen molar-refractivity contribution < 1.29 is 48.2 Å². The van der Waals surface area contributed by atoms with Crippen LogP contribution < -0.4 is 28.4 Å². The Bertz CT molecular complexity index is 931. The van der Waals surface area contributed by atoms with Crippen LogP contribution in [0.1, 0.15) is 60.2 Å². The summed E-state index contributed by atoms with van der Waals surface area (Å²) in [5.74, 6) is -0.106. The molecule has 0 aliphatic carbocycles. The summed E-state index contributed by atoms with van der Waals surface area (Å²) in [5, 5.41) is 17.8. The Morgan fingerprint density at radius 3 is 1.08 bits per heavy atom. The van der Waals surface area contributed by atoms with Crippen LogP contribution in [0.4, 0.5) is 0 Å². The third-order valence-corrected chi connectivity index (χ3v) is 9.32. The Morgan fingerprint density at radius 1 is 0.564 bits per heavy atom. The van der Waals surface area contributed by atoms with Crippen LogP contribution in [0.15, 0.2) is 24.3 Å². The number of ether oxygens (including phenoxy) is 6. The molecule has 2 N–H and O–H groups in total. The van der Waals surface area contributed by atoms with Crippen molar-refractivity contribution in [2.75, 3.05) is 42.7 Å². The van der Waals surface area contributed by atoms with Gasteiger partial charge in [0.05, 0.1) is 42.7 Å². The minimum atomic E-state index is -1.08. The van der Waals surface area contributed by atoms with E-state index in [2.05, 4.69) is 13.8 Å². The number of carboxylic acids is 2. The quantitative estimate of drug-likeness (QED) is 0.186. The maximum absolute atomic E-state index is 10.9. The summed E-state index contributed by atoms with van der Waals surface area (Å²) in [5.41, 5.74) is 0.0744. The van der Waals surface area contributed by atoms with Gasteiger partial charge in [0, 0.05) is 24.3 Å². The van der Waals surface area contributed by atoms with Gasteiger partial charge in [-0.25, -0.2) is 9.59 Å². The Kier molecular flexibility index (Phi) is 19.3. The first-order chi connectivity index (χ1) is 18.7. The monoisotopic (exact) mass is 658 g/mol. The molecule has 0 unspecified atom stereocenters. The third-order valence-electron chi connectivity index (χ3n) is 5.29. The van der Waals surface area contributed by atoms with Gasteiger partial charge >= 0.3 is 81.5 Å². The summed E-state index contributed by atoms with van der Waals surface area (Å²) < 4.78 is 33.1. The molecular weight excluding hydrogens is 615 g/mol. The van der Waals surface area contributed by atoms with Gasteiger partial charge in [-0.3, -0.25) is 0 Å². The van der Waals surface area contributed by atoms with Gasteiger partial charge in [-0.1, -0.05) is 0 Å². The summed E-state index contributed by atoms with van der Waals surface area (Å²) in [6.45, 7) is 4.58. The van der Waals surface area contributed by atoms with Gasteiger partial charge in [-0.15, -0.1) is 0 Å². The van der Waals surface area contributed by atoms with E-state index in [1.54, 1.807) is 8.87 Å². The molecule has 0 spiro atoms. The standard InChI is InChI=1S/2C10H12O5.2C4H9.Sn/c2*1-13-7-5-9(15-3)8(14-2)4-6(7)10(11)12;2*1-3-4-2;/h2*4-5H,1-3H3,(H,11,12);2*1,3-4H2,2H3;. The second-order valence-electron chi connectivity index (χ2n) is 7.88. The fourth-order valence-electron chi connectivity index (χ4n) is 3.12. The molecule has 11 heteroatoms. The molecule has 0 bridgehead atoms. The first kappa shape index (κ1) is 36.0. The average molecular weight is 657 g/mol. The van der Waals surface area contributed by atoms with Crippen molar-refractivity contribution in [3.8, 4) is 34.5 Å². The molecule has 0 aliphatic heterocycles. The molecular formula is C28H42O10Sn. The van der Waals surface area contributed by atoms with Crippen LogP contribution in [0.25, 0.3) is 0 Å². The molecule has 0 aromatic heterocycles. The van der Waals surface area contributed by atoms with Crippen molar-refractivity contribution in [2.45, 2.75) is 48.4 Å². The molecule has 0 saturated heterocycles. The van der Waals surface area contributed by atoms with E-state index in [-0.39, 0.29) is 43.8 Å². The van der Waals surface area contributed by atoms with Crippen molar-refractivity contribution in [3.05, 3.63) is 35.4 Å². The number of carbonyl (C=O) groups is 2. The second kappa shape index (κ2) is 20.9. The van der Waals surface area contributed by atoms with Gasteiger partial charge in [0.1, 0.15) is 22.6 Å². The zero-order chi connectivity index (χ0) is 29.8. The van der Waals surface area contributed by atoms with Gasteiger partial charge in [0.25, 0.3) is 0 Å². The average Bonchev–Trinajstić information content (AvgIpc) is 2.95. The zero-order valence-corrected chi connectivity index (χ0v) is 27.1. The van der Waals surface area contributed by atoms with Gasteiger partial charge < -0.3 is 38.6 Å². The first-order valence-corrected chi connectivity index (χ1v) is 16.5. The van der Waals surface area contributed by atoms with Gasteiger partial charge in [0.15, 0.2) is 23.0 Å². The van der Waals surface area contributed by atoms with Crippen molar-refractivity contribution >= 4 is 33.1 Å². The minimum Gasteiger partial charge on any atom is -0.496 e. The van der Waals surface area contributed by atoms with E-state index < -0.39 is 11.9 Å². The number of hydrogen-bond donors (Lipinski definition) is 2. The van der Waals surface area contributed by atoms with Crippen molar-refractivity contribution in [1.29, 1.82) is 0 Å². The fourth-order valence-corrected chi connectivity index (χ4v) is 7.28. The molecule has 2 aromatic carbocycles. The fraction of sp³-hybridized carbons (Fsp3) is 0.500. The molecule has 2 aromatic rings. The molecule has 0 amide bonds. The Balaban J connectivity index is 0.000000576. The normalized spacial score (nSPS) is 9.64. The number of benzene rings is 2. The molecule has 39 heavy (non-hydrogen) atoms. The largest absolute Gasteiger partial charge is 0.496 e. The number of methoxy groups -OCH3 is 6. The minimum absolute atomic E-state index is 0.0372. The first-order valence-electron chi connectivity index (χ1n) is 12.5. The van der Waals surface area contributed by atoms with Crippen molar-refractivity contribution in [1.82, 2.24) is 0 Å². The summed E-state index contributed by atoms with van der Waals surface area (Å²) in [4.78, 5) is 21.7. The van der Waals surface area contributed by atoms with E-state index >= 15 is 0 Å². The number of hydrogen-bond acceptors (Lipinski definition) is 8. The van der Waals surface area contributed by atoms with E-state index in [1.807, 2.05) is 0 Å². The maximum Gasteiger partial charge on any atom is 0.339 e. The topological polar surface area (TPSA) is 130 Å². The van der Waals surface area contributed by atoms with Gasteiger partial charge in [-0.05, 0) is 0 Å². The molecule has 218 valence electrons. The van der Waals surface area contributed by atoms with E-state index in [0.29, 0.717) is 23.0 Å². The molecule has 0 heterocycles. The Morgan fingerprint density at radius 2 is 0.846 bits per heavy atom. The number of aromatic carboxylic acids is 2. The Labute approximate surface area is 241 Å². The van der Waals surface area contributed by atoms with E-state index in [0.717, 1.165) is 0 Å². The van der Waals surface area contributed by atoms with Crippen LogP contribution in [0.2, 0.25) is 8.87 Å². The van der Waals surface area contributed by atoms with Crippen LogP contribution in [0.5, 0.6) is 34.5 Å². The second-order valence-corrected chi connectivity index (χ2v) is 12.2. The van der Waals surface area contributed by atoms with Crippen LogP contribution in [-0.4, -0.2) is 86.0 Å². The van der Waals surface area contributed by atoms with Crippen molar-refractivity contribution in [2.24, 2.45) is 0 Å². The van der Waals surface area contributed by atoms with Crippen LogP contribution in [0, 0.1) is 0 Å². The van der Waals surface area contributed by atoms with E-state index in [9.17, 15) is 9.59 Å². The van der Waals surface area contributed by atoms with Crippen LogP contribution in [0.3, 0.4) is 0 Å². The number of carboxylic acid groups (broad SMARTS) is 2. The van der Waals surface area contributed by atoms with Gasteiger partial charge in [-0.2, -0.15) is 0 Å². The summed E-state index contributed by atoms with van der Waals surface area (Å²) in [7, 11) is 8.61. The SMILES string of the molecule is CCC[CH2][Sn][CH2]CCC.COc1cc(OC)c(C(=O)O)cc1OC.COc1cc(OC)c(C(=O)O)cc1OC. The predicted molar refractivity (Wildman–Crippen MR) is 151 cm³/mol. The van der Waals surface area contributed by atoms with Crippen molar-refractivity contribution in [3.63, 3.8) is 0 Å². The molecule has 0 aliphatic rings. The van der Waals surface area contributed by atoms with E-state index in [1.165, 1.54) is 92.6 Å². The maximum atomic E-state index is 10.9. The summed E-state index contributed by atoms with van der Waals surface area (Å²) in [6.07, 6.45) is 5.84. The number of rotatable bonds is 14. The Hall–Kier alpha value is -3.02. The summed E-state index contributed by atoms with van der Waals surface area (Å²) >= 11 is 0.149. The zero-order valence-electron chi connectivity index (χ0n) is 24.2. The third kappa shape index (κ3) is 12.6. The predicted octanol–water partition coefficient (Wildman–Crippen LogP) is 5.95.